The number of esters is 1. The van der Waals surface area contributed by atoms with Gasteiger partial charge in [-0.1, -0.05) is 0 Å². The van der Waals surface area contributed by atoms with Crippen molar-refractivity contribution in [1.29, 1.82) is 0 Å². The van der Waals surface area contributed by atoms with Crippen LogP contribution in [0, 0.1) is 0 Å². The Labute approximate surface area is 88.4 Å². The summed E-state index contributed by atoms with van der Waals surface area (Å²) in [6.45, 7) is 0.120. The first kappa shape index (κ1) is 13.6. The second kappa shape index (κ2) is 7.93. The normalized spacial score (nSPS) is 11.6. The van der Waals surface area contributed by atoms with E-state index in [4.69, 9.17) is 0 Å². The van der Waals surface area contributed by atoms with Gasteiger partial charge < -0.3 is 20.2 Å². The maximum atomic E-state index is 11.2. The zero-order valence-electron chi connectivity index (χ0n) is 8.91. The van der Waals surface area contributed by atoms with Crippen LogP contribution in [0.15, 0.2) is 0 Å². The summed E-state index contributed by atoms with van der Waals surface area (Å²) in [7, 11) is 2.86. The summed E-state index contributed by atoms with van der Waals surface area (Å²) >= 11 is 0. The maximum absolute atomic E-state index is 11.2. The standard InChI is InChI=1S/C9H16N2O4/c1-10-6-8(13)11-7(4-3-5-12)9(14)15-2/h5,7,10H,3-4,6H2,1-2H3,(H,11,13). The van der Waals surface area contributed by atoms with Crippen molar-refractivity contribution >= 4 is 18.2 Å². The third-order valence-electron chi connectivity index (χ3n) is 1.73. The summed E-state index contributed by atoms with van der Waals surface area (Å²) < 4.78 is 4.50. The molecule has 6 heteroatoms. The van der Waals surface area contributed by atoms with Gasteiger partial charge >= 0.3 is 5.97 Å². The van der Waals surface area contributed by atoms with Crippen LogP contribution in [0.5, 0.6) is 0 Å². The van der Waals surface area contributed by atoms with Crippen LogP contribution in [0.1, 0.15) is 12.8 Å². The Balaban J connectivity index is 4.16. The van der Waals surface area contributed by atoms with Crippen LogP contribution in [-0.2, 0) is 19.1 Å². The molecule has 0 saturated carbocycles. The number of hydrogen-bond acceptors (Lipinski definition) is 5. The Morgan fingerprint density at radius 1 is 1.47 bits per heavy atom. The number of nitrogens with one attached hydrogen (secondary N) is 2. The van der Waals surface area contributed by atoms with Gasteiger partial charge in [0, 0.05) is 6.42 Å². The number of amides is 1. The average Bonchev–Trinajstić information content (AvgIpc) is 2.23. The Kier molecular flexibility index (Phi) is 7.17. The first-order valence-corrected chi connectivity index (χ1v) is 4.61. The molecule has 0 aromatic carbocycles. The highest BCUT2D eigenvalue weighted by Crippen LogP contribution is 1.97. The largest absolute Gasteiger partial charge is 0.467 e. The molecule has 15 heavy (non-hydrogen) atoms. The molecule has 86 valence electrons. The topological polar surface area (TPSA) is 84.5 Å². The number of methoxy groups -OCH3 is 1. The number of rotatable bonds is 7. The molecular weight excluding hydrogens is 200 g/mol. The molecule has 0 fully saturated rings. The van der Waals surface area contributed by atoms with Crippen molar-refractivity contribution in [1.82, 2.24) is 10.6 Å². The van der Waals surface area contributed by atoms with Crippen molar-refractivity contribution < 1.29 is 19.1 Å². The molecule has 0 bridgehead atoms. The zero-order valence-corrected chi connectivity index (χ0v) is 8.91. The minimum absolute atomic E-state index is 0.120. The molecule has 1 amide bonds. The highest BCUT2D eigenvalue weighted by atomic mass is 16.5. The van der Waals surface area contributed by atoms with Crippen LogP contribution in [-0.4, -0.2) is 44.9 Å². The van der Waals surface area contributed by atoms with E-state index in [1.807, 2.05) is 0 Å². The summed E-state index contributed by atoms with van der Waals surface area (Å²) in [6.07, 6.45) is 1.16. The lowest BCUT2D eigenvalue weighted by molar-refractivity contribution is -0.145. The highest BCUT2D eigenvalue weighted by Gasteiger charge is 2.20. The molecule has 0 rings (SSSR count). The summed E-state index contributed by atoms with van der Waals surface area (Å²) in [5, 5.41) is 5.12. The van der Waals surface area contributed by atoms with Gasteiger partial charge in [-0.3, -0.25) is 4.79 Å². The van der Waals surface area contributed by atoms with Crippen molar-refractivity contribution in [2.75, 3.05) is 20.7 Å². The van der Waals surface area contributed by atoms with Gasteiger partial charge in [0.15, 0.2) is 0 Å². The zero-order chi connectivity index (χ0) is 11.7. The smallest absolute Gasteiger partial charge is 0.328 e. The van der Waals surface area contributed by atoms with E-state index in [9.17, 15) is 14.4 Å². The molecule has 0 saturated heterocycles. The van der Waals surface area contributed by atoms with Crippen molar-refractivity contribution in [3.05, 3.63) is 0 Å². The number of aldehydes is 1. The SMILES string of the molecule is CNCC(=O)NC(CCC=O)C(=O)OC. The van der Waals surface area contributed by atoms with Crippen molar-refractivity contribution in [3.63, 3.8) is 0 Å². The molecule has 2 N–H and O–H groups in total. The van der Waals surface area contributed by atoms with Gasteiger partial charge in [-0.2, -0.15) is 0 Å². The quantitative estimate of drug-likeness (QED) is 0.414. The van der Waals surface area contributed by atoms with E-state index >= 15 is 0 Å². The van der Waals surface area contributed by atoms with Crippen LogP contribution < -0.4 is 10.6 Å². The van der Waals surface area contributed by atoms with Gasteiger partial charge in [-0.15, -0.1) is 0 Å². The highest BCUT2D eigenvalue weighted by molar-refractivity contribution is 5.85. The molecule has 0 spiro atoms. The minimum Gasteiger partial charge on any atom is -0.467 e. The lowest BCUT2D eigenvalue weighted by Gasteiger charge is -2.14. The van der Waals surface area contributed by atoms with Crippen LogP contribution in [0.25, 0.3) is 0 Å². The number of ether oxygens (including phenoxy) is 1. The Bertz CT molecular complexity index is 230. The Morgan fingerprint density at radius 3 is 2.60 bits per heavy atom. The van der Waals surface area contributed by atoms with Gasteiger partial charge in [-0.25, -0.2) is 4.79 Å². The van der Waals surface area contributed by atoms with Gasteiger partial charge in [-0.05, 0) is 13.5 Å². The van der Waals surface area contributed by atoms with Crippen LogP contribution >= 0.6 is 0 Å². The van der Waals surface area contributed by atoms with E-state index in [0.29, 0.717) is 6.29 Å². The average molecular weight is 216 g/mol. The summed E-state index contributed by atoms with van der Waals surface area (Å²) in [4.78, 5) is 32.5. The minimum atomic E-state index is -0.749. The van der Waals surface area contributed by atoms with Crippen molar-refractivity contribution in [2.24, 2.45) is 0 Å². The second-order valence-corrected chi connectivity index (χ2v) is 2.92. The second-order valence-electron chi connectivity index (χ2n) is 2.92. The molecule has 6 nitrogen and oxygen atoms in total. The predicted molar refractivity (Wildman–Crippen MR) is 53.2 cm³/mol. The number of hydrogen-bond donors (Lipinski definition) is 2. The molecule has 0 heterocycles. The molecule has 1 unspecified atom stereocenters. The molecule has 0 aromatic heterocycles. The fourth-order valence-corrected chi connectivity index (χ4v) is 1.03. The van der Waals surface area contributed by atoms with E-state index in [0.717, 1.165) is 0 Å². The van der Waals surface area contributed by atoms with Gasteiger partial charge in [0.05, 0.1) is 13.7 Å². The number of carbonyl (C=O) groups is 3. The molecule has 1 atom stereocenters. The molecule has 0 aliphatic carbocycles. The van der Waals surface area contributed by atoms with Crippen LogP contribution in [0.3, 0.4) is 0 Å². The fraction of sp³-hybridized carbons (Fsp3) is 0.667. The monoisotopic (exact) mass is 216 g/mol. The molecule has 0 aliphatic heterocycles. The first-order valence-electron chi connectivity index (χ1n) is 4.61. The fourth-order valence-electron chi connectivity index (χ4n) is 1.03. The molecule has 0 radical (unpaired) electrons. The van der Waals surface area contributed by atoms with Crippen molar-refractivity contribution in [3.8, 4) is 0 Å². The summed E-state index contributed by atoms with van der Waals surface area (Å²) in [6, 6.07) is -0.749. The summed E-state index contributed by atoms with van der Waals surface area (Å²) in [5.74, 6) is -0.847. The maximum Gasteiger partial charge on any atom is 0.328 e. The number of likely N-dealkylation sites (N-methyl/N-ethyl adjacent to an activating group) is 1. The third kappa shape index (κ3) is 5.79. The molecule has 0 aromatic rings. The molecule has 0 aliphatic rings. The lowest BCUT2D eigenvalue weighted by atomic mass is 10.1. The van der Waals surface area contributed by atoms with Gasteiger partial charge in [0.2, 0.25) is 5.91 Å². The lowest BCUT2D eigenvalue weighted by Crippen LogP contribution is -2.44. The Hall–Kier alpha value is -1.43. The van der Waals surface area contributed by atoms with Gasteiger partial charge in [0.25, 0.3) is 0 Å². The van der Waals surface area contributed by atoms with E-state index in [2.05, 4.69) is 15.4 Å². The first-order chi connectivity index (χ1) is 7.15. The van der Waals surface area contributed by atoms with Crippen LogP contribution in [0.2, 0.25) is 0 Å². The van der Waals surface area contributed by atoms with Gasteiger partial charge in [0.1, 0.15) is 12.3 Å². The number of carbonyl (C=O) groups excluding carboxylic acids is 3. The third-order valence-corrected chi connectivity index (χ3v) is 1.73. The van der Waals surface area contributed by atoms with E-state index < -0.39 is 12.0 Å². The summed E-state index contributed by atoms with van der Waals surface area (Å²) in [5.41, 5.74) is 0. The van der Waals surface area contributed by atoms with Crippen LogP contribution in [0.4, 0.5) is 0 Å². The van der Waals surface area contributed by atoms with Crippen molar-refractivity contribution in [2.45, 2.75) is 18.9 Å². The van der Waals surface area contributed by atoms with E-state index in [-0.39, 0.29) is 25.3 Å². The predicted octanol–water partition coefficient (Wildman–Crippen LogP) is -1.16. The Morgan fingerprint density at radius 2 is 2.13 bits per heavy atom. The van der Waals surface area contributed by atoms with E-state index in [1.165, 1.54) is 7.11 Å². The molecular formula is C9H16N2O4. The van der Waals surface area contributed by atoms with E-state index in [1.54, 1.807) is 7.05 Å².